The summed E-state index contributed by atoms with van der Waals surface area (Å²) in [4.78, 5) is 14.1. The van der Waals surface area contributed by atoms with Crippen LogP contribution in [0.25, 0.3) is 0 Å². The van der Waals surface area contributed by atoms with Crippen LogP contribution in [0.15, 0.2) is 35.4 Å². The highest BCUT2D eigenvalue weighted by Crippen LogP contribution is 2.27. The summed E-state index contributed by atoms with van der Waals surface area (Å²) in [5.41, 5.74) is 0.753. The molecule has 33 heavy (non-hydrogen) atoms. The highest BCUT2D eigenvalue weighted by atomic mass is 32.2. The summed E-state index contributed by atoms with van der Waals surface area (Å²) in [6.07, 6.45) is 5.21. The summed E-state index contributed by atoms with van der Waals surface area (Å²) < 4.78 is 32.7. The first-order valence-corrected chi connectivity index (χ1v) is 13.0. The van der Waals surface area contributed by atoms with Gasteiger partial charge in [-0.25, -0.2) is 18.4 Å². The van der Waals surface area contributed by atoms with Crippen LogP contribution in [0.4, 0.5) is 5.82 Å². The fourth-order valence-electron chi connectivity index (χ4n) is 4.49. The van der Waals surface area contributed by atoms with Crippen LogP contribution in [-0.2, 0) is 16.6 Å². The largest absolute Gasteiger partial charge is 0.497 e. The number of benzene rings is 1. The van der Waals surface area contributed by atoms with Crippen molar-refractivity contribution in [1.82, 2.24) is 19.2 Å². The van der Waals surface area contributed by atoms with E-state index in [4.69, 9.17) is 9.72 Å². The van der Waals surface area contributed by atoms with Gasteiger partial charge in [0.1, 0.15) is 17.4 Å². The molecule has 1 N–H and O–H groups in total. The Balaban J connectivity index is 1.44. The van der Waals surface area contributed by atoms with E-state index in [0.29, 0.717) is 37.8 Å². The monoisotopic (exact) mass is 475 g/mol. The molecule has 0 spiro atoms. The second-order valence-electron chi connectivity index (χ2n) is 8.57. The number of sulfonamides is 1. The molecular weight excluding hydrogens is 442 g/mol. The van der Waals surface area contributed by atoms with E-state index in [1.165, 1.54) is 10.7 Å². The van der Waals surface area contributed by atoms with Gasteiger partial charge in [0.2, 0.25) is 10.0 Å². The molecule has 10 heteroatoms. The molecule has 2 fully saturated rings. The van der Waals surface area contributed by atoms with Gasteiger partial charge in [-0.3, -0.25) is 4.90 Å². The second kappa shape index (κ2) is 10.3. The lowest BCUT2D eigenvalue weighted by atomic mass is 10.1. The zero-order chi connectivity index (χ0) is 23.4. The number of aliphatic hydroxyl groups excluding tert-OH is 1. The Morgan fingerprint density at radius 1 is 1.03 bits per heavy atom. The molecule has 1 atom stereocenters. The van der Waals surface area contributed by atoms with Gasteiger partial charge in [0.15, 0.2) is 0 Å². The molecule has 9 nitrogen and oxygen atoms in total. The van der Waals surface area contributed by atoms with Gasteiger partial charge in [0, 0.05) is 51.0 Å². The third kappa shape index (κ3) is 5.13. The molecule has 3 heterocycles. The first kappa shape index (κ1) is 23.9. The van der Waals surface area contributed by atoms with Crippen LogP contribution in [0, 0.1) is 0 Å². The van der Waals surface area contributed by atoms with Crippen LogP contribution in [0.3, 0.4) is 0 Å². The maximum Gasteiger partial charge on any atom is 0.243 e. The van der Waals surface area contributed by atoms with E-state index < -0.39 is 10.0 Å². The van der Waals surface area contributed by atoms with Crippen molar-refractivity contribution in [3.8, 4) is 5.75 Å². The third-order valence-corrected chi connectivity index (χ3v) is 8.49. The van der Waals surface area contributed by atoms with Gasteiger partial charge in [-0.1, -0.05) is 0 Å². The van der Waals surface area contributed by atoms with Crippen molar-refractivity contribution in [2.45, 2.75) is 43.7 Å². The number of piperazine rings is 1. The van der Waals surface area contributed by atoms with Gasteiger partial charge < -0.3 is 14.7 Å². The average Bonchev–Trinajstić information content (AvgIpc) is 2.88. The Hall–Kier alpha value is -2.27. The van der Waals surface area contributed by atoms with E-state index in [1.807, 2.05) is 0 Å². The summed E-state index contributed by atoms with van der Waals surface area (Å²) >= 11 is 0. The van der Waals surface area contributed by atoms with E-state index in [1.54, 1.807) is 37.6 Å². The third-order valence-electron chi connectivity index (χ3n) is 6.58. The number of piperidine rings is 1. The first-order valence-electron chi connectivity index (χ1n) is 11.5. The Morgan fingerprint density at radius 2 is 1.70 bits per heavy atom. The van der Waals surface area contributed by atoms with E-state index in [2.05, 4.69) is 21.7 Å². The van der Waals surface area contributed by atoms with E-state index in [9.17, 15) is 13.5 Å². The van der Waals surface area contributed by atoms with Crippen molar-refractivity contribution in [1.29, 1.82) is 0 Å². The van der Waals surface area contributed by atoms with Crippen molar-refractivity contribution in [3.05, 3.63) is 41.9 Å². The van der Waals surface area contributed by atoms with E-state index in [0.717, 1.165) is 37.3 Å². The molecular formula is C23H33N5O4S. The normalized spacial score (nSPS) is 19.4. The fourth-order valence-corrected chi connectivity index (χ4v) is 5.92. The van der Waals surface area contributed by atoms with Gasteiger partial charge in [0.05, 0.1) is 24.7 Å². The van der Waals surface area contributed by atoms with Gasteiger partial charge in [0.25, 0.3) is 0 Å². The zero-order valence-electron chi connectivity index (χ0n) is 19.4. The minimum Gasteiger partial charge on any atom is -0.497 e. The molecule has 0 bridgehead atoms. The van der Waals surface area contributed by atoms with E-state index in [-0.39, 0.29) is 17.5 Å². The molecule has 2 aromatic rings. The SMILES string of the molecule is COc1ccc(S(=O)(=O)N2CCN(C(C)c3ncc(CO)c(N4CCCCC4)n3)CC2)cc1. The molecule has 1 aromatic heterocycles. The number of aromatic nitrogens is 2. The molecule has 1 unspecified atom stereocenters. The van der Waals surface area contributed by atoms with E-state index >= 15 is 0 Å². The Bertz CT molecular complexity index is 1030. The zero-order valence-corrected chi connectivity index (χ0v) is 20.2. The van der Waals surface area contributed by atoms with Crippen molar-refractivity contribution in [2.75, 3.05) is 51.3 Å². The van der Waals surface area contributed by atoms with Gasteiger partial charge in [-0.2, -0.15) is 4.31 Å². The summed E-state index contributed by atoms with van der Waals surface area (Å²) in [7, 11) is -1.99. The van der Waals surface area contributed by atoms with Gasteiger partial charge >= 0.3 is 0 Å². The Labute approximate surface area is 196 Å². The predicted molar refractivity (Wildman–Crippen MR) is 126 cm³/mol. The number of hydrogen-bond donors (Lipinski definition) is 1. The number of ether oxygens (including phenoxy) is 1. The maximum atomic E-state index is 13.0. The molecule has 0 amide bonds. The van der Waals surface area contributed by atoms with Crippen LogP contribution in [-0.4, -0.2) is 79.1 Å². The molecule has 180 valence electrons. The smallest absolute Gasteiger partial charge is 0.243 e. The van der Waals surface area contributed by atoms with Crippen molar-refractivity contribution < 1.29 is 18.3 Å². The number of hydrogen-bond acceptors (Lipinski definition) is 8. The van der Waals surface area contributed by atoms with Crippen LogP contribution in [0.5, 0.6) is 5.75 Å². The van der Waals surface area contributed by atoms with Gasteiger partial charge in [-0.05, 0) is 50.5 Å². The first-order chi connectivity index (χ1) is 15.9. The summed E-state index contributed by atoms with van der Waals surface area (Å²) in [6.45, 7) is 5.88. The number of rotatable bonds is 7. The molecule has 2 aliphatic heterocycles. The summed E-state index contributed by atoms with van der Waals surface area (Å²) in [6, 6.07) is 6.45. The average molecular weight is 476 g/mol. The molecule has 2 aliphatic rings. The van der Waals surface area contributed by atoms with Crippen LogP contribution >= 0.6 is 0 Å². The second-order valence-corrected chi connectivity index (χ2v) is 10.5. The minimum atomic E-state index is -3.55. The lowest BCUT2D eigenvalue weighted by molar-refractivity contribution is 0.141. The molecule has 4 rings (SSSR count). The predicted octanol–water partition coefficient (Wildman–Crippen LogP) is 2.04. The number of methoxy groups -OCH3 is 1. The number of nitrogens with zero attached hydrogens (tertiary/aromatic N) is 5. The fraction of sp³-hybridized carbons (Fsp3) is 0.565. The maximum absolute atomic E-state index is 13.0. The number of aliphatic hydroxyl groups is 1. The molecule has 2 saturated heterocycles. The standard InChI is InChI=1S/C23H33N5O4S/c1-18(22-24-16-19(17-29)23(25-22)27-10-4-3-5-11-27)26-12-14-28(15-13-26)33(30,31)21-8-6-20(32-2)7-9-21/h6-9,16,18,29H,3-5,10-15,17H2,1-2H3. The van der Waals surface area contributed by atoms with Crippen LogP contribution < -0.4 is 9.64 Å². The van der Waals surface area contributed by atoms with Crippen molar-refractivity contribution in [2.24, 2.45) is 0 Å². The highest BCUT2D eigenvalue weighted by Gasteiger charge is 2.31. The minimum absolute atomic E-state index is 0.0490. The van der Waals surface area contributed by atoms with Crippen LogP contribution in [0.2, 0.25) is 0 Å². The molecule has 0 radical (unpaired) electrons. The summed E-state index contributed by atoms with van der Waals surface area (Å²) in [5.74, 6) is 2.16. The lowest BCUT2D eigenvalue weighted by Crippen LogP contribution is -2.49. The summed E-state index contributed by atoms with van der Waals surface area (Å²) in [5, 5.41) is 9.77. The molecule has 0 saturated carbocycles. The van der Waals surface area contributed by atoms with Crippen molar-refractivity contribution in [3.63, 3.8) is 0 Å². The van der Waals surface area contributed by atoms with Crippen molar-refractivity contribution >= 4 is 15.8 Å². The lowest BCUT2D eigenvalue weighted by Gasteiger charge is -2.37. The highest BCUT2D eigenvalue weighted by molar-refractivity contribution is 7.89. The molecule has 0 aliphatic carbocycles. The number of anilines is 1. The molecule has 1 aromatic carbocycles. The Kier molecular flexibility index (Phi) is 7.48. The Morgan fingerprint density at radius 3 is 2.30 bits per heavy atom. The topological polar surface area (TPSA) is 99.1 Å². The quantitative estimate of drug-likeness (QED) is 0.650. The van der Waals surface area contributed by atoms with Crippen LogP contribution in [0.1, 0.15) is 43.6 Å². The van der Waals surface area contributed by atoms with Gasteiger partial charge in [-0.15, -0.1) is 0 Å².